The van der Waals surface area contributed by atoms with Gasteiger partial charge in [0.15, 0.2) is 5.69 Å². The second-order valence-corrected chi connectivity index (χ2v) is 30.6. The lowest BCUT2D eigenvalue weighted by Crippen LogP contribution is -2.15. The number of carbonyl (C=O) groups excluding carboxylic acids is 4. The number of carboxylic acid groups (broad SMARTS) is 4. The molecule has 33 heteroatoms. The van der Waals surface area contributed by atoms with Crippen LogP contribution in [0.1, 0.15) is 142 Å². The number of hydrogen-bond donors (Lipinski definition) is 4. The van der Waals surface area contributed by atoms with Crippen LogP contribution in [0, 0.1) is 6.92 Å². The van der Waals surface area contributed by atoms with Crippen LogP contribution in [-0.4, -0.2) is 171 Å². The maximum absolute atomic E-state index is 11.6. The van der Waals surface area contributed by atoms with E-state index in [1.165, 1.54) is 34.8 Å². The molecule has 16 aromatic rings. The van der Waals surface area contributed by atoms with Crippen molar-refractivity contribution in [3.8, 4) is 28.4 Å². The van der Waals surface area contributed by atoms with Crippen LogP contribution in [0.5, 0.6) is 17.2 Å². The number of rotatable bonds is 33. The van der Waals surface area contributed by atoms with E-state index in [1.54, 1.807) is 134 Å². The topological polar surface area (TPSA) is 398 Å². The minimum atomic E-state index is -0.853. The summed E-state index contributed by atoms with van der Waals surface area (Å²) in [5.41, 5.74) is 9.45. The minimum absolute atomic E-state index is 0.00471. The van der Waals surface area contributed by atoms with Gasteiger partial charge in [0.05, 0.1) is 167 Å². The third kappa shape index (κ3) is 31.3. The van der Waals surface area contributed by atoms with Gasteiger partial charge in [-0.1, -0.05) is 194 Å². The van der Waals surface area contributed by atoms with Crippen molar-refractivity contribution < 1.29 is 87.2 Å². The summed E-state index contributed by atoms with van der Waals surface area (Å²) >= 11 is 1.56. The molecule has 0 fully saturated rings. The number of benzene rings is 8. The van der Waals surface area contributed by atoms with E-state index in [-0.39, 0.29) is 104 Å². The number of carbonyl (C=O) groups is 8. The molecular formula is C101H102N14O18S. The van der Waals surface area contributed by atoms with Crippen LogP contribution in [0.4, 0.5) is 0 Å². The van der Waals surface area contributed by atoms with E-state index in [0.717, 1.165) is 66.4 Å². The van der Waals surface area contributed by atoms with Crippen LogP contribution in [0.15, 0.2) is 361 Å². The molecule has 0 amide bonds. The largest absolute Gasteiger partial charge is 0.497 e. The Labute approximate surface area is 777 Å². The molecule has 134 heavy (non-hydrogen) atoms. The molecule has 0 spiro atoms. The van der Waals surface area contributed by atoms with Gasteiger partial charge in [0, 0.05) is 85.4 Å². The number of ether oxygens (including phenoxy) is 6. The zero-order valence-corrected chi connectivity index (χ0v) is 75.0. The Hall–Kier alpha value is -16.7. The van der Waals surface area contributed by atoms with Crippen molar-refractivity contribution in [1.29, 1.82) is 0 Å². The fraction of sp³-hybridized carbons (Fsp3) is 0.198. The highest BCUT2D eigenvalue weighted by molar-refractivity contribution is 7.10. The number of para-hydroxylation sites is 1. The number of esters is 4. The normalized spacial score (nSPS) is 12.0. The van der Waals surface area contributed by atoms with Gasteiger partial charge >= 0.3 is 47.8 Å². The first-order valence-electron chi connectivity index (χ1n) is 42.0. The Bertz CT molecular complexity index is 6040. The lowest BCUT2D eigenvalue weighted by Gasteiger charge is -2.18. The van der Waals surface area contributed by atoms with Crippen LogP contribution >= 0.6 is 11.3 Å². The van der Waals surface area contributed by atoms with Crippen LogP contribution < -0.4 is 9.47 Å². The van der Waals surface area contributed by atoms with E-state index in [1.807, 2.05) is 266 Å². The first kappa shape index (κ1) is 99.5. The lowest BCUT2D eigenvalue weighted by molar-refractivity contribution is -0.142. The van der Waals surface area contributed by atoms with Crippen molar-refractivity contribution in [2.24, 2.45) is 0 Å². The quantitative estimate of drug-likeness (QED) is 0.0219. The fourth-order valence-electron chi connectivity index (χ4n) is 13.9. The Kier molecular flexibility index (Phi) is 39.1. The van der Waals surface area contributed by atoms with Crippen molar-refractivity contribution >= 4 is 59.1 Å². The molecule has 8 heterocycles. The maximum Gasteiger partial charge on any atom is 0.358 e. The molecule has 16 rings (SSSR count). The molecule has 0 saturated carbocycles. The van der Waals surface area contributed by atoms with E-state index in [4.69, 9.17) is 44.1 Å². The molecule has 0 aliphatic heterocycles. The molecule has 0 bridgehead atoms. The van der Waals surface area contributed by atoms with Gasteiger partial charge in [-0.05, 0) is 99.3 Å². The highest BCUT2D eigenvalue weighted by atomic mass is 32.1. The number of carboxylic acids is 4. The number of imidazole rings is 7. The molecular weight excluding hydrogens is 1730 g/mol. The SMILES string of the molecule is COC(=O)CC(c1ccc(OC)cc1)n1ccnc1.COC(=O)CC(c1ccccc1)n1ccnc1.COC(=O)CC(c1ccccc1)n1cnc(C(=O)OC)c1.Cc1ccc(C(CC(=O)O)n2ccnc2)cc1.O=C(O)CC(c1ccc(-c2ccccc2)cc1)n1ccnc1.O=C(O)CC(c1ccc(Oc2ccccc2)cc1)n1ccnc1.O=C(O)CC(c1cccs1)n1ccnc1. The predicted octanol–water partition coefficient (Wildman–Crippen LogP) is 17.5. The summed E-state index contributed by atoms with van der Waals surface area (Å²) in [6.07, 6.45) is 34.7. The summed E-state index contributed by atoms with van der Waals surface area (Å²) in [6, 6.07) is 72.4. The minimum Gasteiger partial charge on any atom is -0.497 e. The van der Waals surface area contributed by atoms with Crippen molar-refractivity contribution in [3.05, 3.63) is 410 Å². The molecule has 0 aliphatic carbocycles. The molecule has 8 aromatic carbocycles. The van der Waals surface area contributed by atoms with Crippen LogP contribution in [0.2, 0.25) is 0 Å². The number of hydrogen-bond acceptors (Lipinski definition) is 22. The van der Waals surface area contributed by atoms with Crippen molar-refractivity contribution in [2.75, 3.05) is 35.5 Å². The van der Waals surface area contributed by atoms with Gasteiger partial charge in [-0.15, -0.1) is 11.3 Å². The molecule has 32 nitrogen and oxygen atoms in total. The van der Waals surface area contributed by atoms with E-state index >= 15 is 0 Å². The summed E-state index contributed by atoms with van der Waals surface area (Å²) in [7, 11) is 7.05. The first-order valence-corrected chi connectivity index (χ1v) is 42.8. The van der Waals surface area contributed by atoms with Gasteiger partial charge in [-0.3, -0.25) is 33.6 Å². The number of aliphatic carboxylic acids is 4. The highest BCUT2D eigenvalue weighted by Gasteiger charge is 2.26. The number of aryl methyl sites for hydroxylation is 1. The third-order valence-electron chi connectivity index (χ3n) is 20.7. The second kappa shape index (κ2) is 52.7. The van der Waals surface area contributed by atoms with Gasteiger partial charge in [0.2, 0.25) is 0 Å². The molecule has 4 N–H and O–H groups in total. The summed E-state index contributed by atoms with van der Waals surface area (Å²) in [6.45, 7) is 2.01. The monoisotopic (exact) mass is 1830 g/mol. The Morgan fingerprint density at radius 1 is 0.306 bits per heavy atom. The zero-order valence-electron chi connectivity index (χ0n) is 74.2. The number of thiophene rings is 1. The highest BCUT2D eigenvalue weighted by Crippen LogP contribution is 2.33. The molecule has 7 atom stereocenters. The number of aromatic nitrogens is 14. The Morgan fingerprint density at radius 3 is 0.933 bits per heavy atom. The van der Waals surface area contributed by atoms with E-state index in [2.05, 4.69) is 51.8 Å². The molecule has 8 aromatic heterocycles. The van der Waals surface area contributed by atoms with Gasteiger partial charge < -0.3 is 80.8 Å². The van der Waals surface area contributed by atoms with Gasteiger partial charge in [-0.25, -0.2) is 39.7 Å². The molecule has 0 aliphatic rings. The van der Waals surface area contributed by atoms with Gasteiger partial charge in [0.25, 0.3) is 0 Å². The van der Waals surface area contributed by atoms with Crippen LogP contribution in [0.3, 0.4) is 0 Å². The average Bonchev–Trinajstić information content (AvgIpc) is 1.77. The lowest BCUT2D eigenvalue weighted by atomic mass is 9.99. The van der Waals surface area contributed by atoms with Crippen molar-refractivity contribution in [1.82, 2.24) is 66.9 Å². The van der Waals surface area contributed by atoms with Gasteiger partial charge in [0.1, 0.15) is 17.2 Å². The Balaban J connectivity index is 0.000000163. The maximum atomic E-state index is 11.6. The van der Waals surface area contributed by atoms with Crippen molar-refractivity contribution in [3.63, 3.8) is 0 Å². The molecule has 0 radical (unpaired) electrons. The molecule has 690 valence electrons. The molecule has 0 saturated heterocycles. The van der Waals surface area contributed by atoms with E-state index in [0.29, 0.717) is 12.2 Å². The number of nitrogens with zero attached hydrogens (tertiary/aromatic N) is 14. The second-order valence-electron chi connectivity index (χ2n) is 29.6. The molecule has 7 unspecified atom stereocenters. The summed E-state index contributed by atoms with van der Waals surface area (Å²) in [5.74, 6) is -2.38. The van der Waals surface area contributed by atoms with E-state index < -0.39 is 29.8 Å². The third-order valence-corrected chi connectivity index (χ3v) is 21.7. The smallest absolute Gasteiger partial charge is 0.358 e. The first-order chi connectivity index (χ1) is 65.1. The summed E-state index contributed by atoms with van der Waals surface area (Å²) in [4.78, 5) is 119. The van der Waals surface area contributed by atoms with Crippen LogP contribution in [-0.2, 0) is 52.5 Å². The summed E-state index contributed by atoms with van der Waals surface area (Å²) in [5, 5.41) is 38.0. The zero-order chi connectivity index (χ0) is 95.4. The van der Waals surface area contributed by atoms with Gasteiger partial charge in [-0.2, -0.15) is 0 Å². The summed E-state index contributed by atoms with van der Waals surface area (Å²) < 4.78 is 42.5. The predicted molar refractivity (Wildman–Crippen MR) is 499 cm³/mol. The van der Waals surface area contributed by atoms with E-state index in [9.17, 15) is 38.4 Å². The van der Waals surface area contributed by atoms with Crippen molar-refractivity contribution in [2.45, 2.75) is 94.2 Å². The Morgan fingerprint density at radius 2 is 0.604 bits per heavy atom. The fourth-order valence-corrected chi connectivity index (χ4v) is 14.7. The van der Waals surface area contributed by atoms with Crippen LogP contribution in [0.25, 0.3) is 11.1 Å². The standard InChI is InChI=1S/C18H16N2O3.C18H16N2O2.C15H16N2O4.C14H16N2O3.2C13H14N2O2.C10H10N2O2S/c21-18(22)12-17(20-11-10-19-13-20)14-6-8-16(9-7-14)23-15-4-2-1-3-5-15;21-18(22)12-17(20-11-10-19-13-20)16-8-6-15(7-9-16)14-4-2-1-3-5-14;1-20-14(18)8-13(11-6-4-3-5-7-11)17-9-12(16-10-17)15(19)21-2;1-18-12-5-3-11(4-6-12)13(9-14(17)19-2)16-8-7-15-10-16;1-10-2-4-11(5-3-10)12(8-13(16)17)15-7-6-14-9-15;1-17-13(16)9-12(15-8-7-14-10-15)11-5-3-2-4-6-11;13-10(14)6-8(9-2-1-5-15-9)12-4-3-11-7-12/h1-11,13,17H,12H2,(H,21,22);1-11,13,17H,12H2,(H,21,22);3-7,9-10,13H,8H2,1-2H3;3-8,10,13H,9H2,1-2H3;2-7,9,12H,8H2,1H3,(H,16,17);2-8,10,12H,9H2,1H3;1-5,7-8H,6H2,(H,13,14). The average molecular weight is 1830 g/mol. The number of methoxy groups -OCH3 is 5.